The maximum absolute atomic E-state index is 6.12. The summed E-state index contributed by atoms with van der Waals surface area (Å²) in [5.41, 5.74) is 5.52. The van der Waals surface area contributed by atoms with E-state index in [1.807, 2.05) is 18.2 Å². The molecular formula is C25H26Cl2N2. The smallest absolute Gasteiger partial charge is 0.0595 e. The molecule has 29 heavy (non-hydrogen) atoms. The number of nitrogens with zero attached hydrogens (tertiary/aromatic N) is 1. The summed E-state index contributed by atoms with van der Waals surface area (Å²) in [6.45, 7) is 3.77. The molecule has 1 aliphatic rings. The van der Waals surface area contributed by atoms with E-state index in [0.29, 0.717) is 16.1 Å². The number of nitrogens with one attached hydrogen (secondary N) is 1. The van der Waals surface area contributed by atoms with Crippen LogP contribution in [0.25, 0.3) is 0 Å². The maximum atomic E-state index is 6.12. The van der Waals surface area contributed by atoms with Gasteiger partial charge in [-0.25, -0.2) is 0 Å². The van der Waals surface area contributed by atoms with Crippen LogP contribution in [-0.2, 0) is 25.9 Å². The molecule has 0 aromatic heterocycles. The quantitative estimate of drug-likeness (QED) is 0.485. The van der Waals surface area contributed by atoms with Crippen LogP contribution in [0.3, 0.4) is 0 Å². The fraction of sp³-hybridized carbons (Fsp3) is 0.280. The molecule has 3 aromatic carbocycles. The SMILES string of the molecule is Clc1ccc(CNCCN2Cc3ccccc3CC2Cc2ccccc2)cc1Cl. The van der Waals surface area contributed by atoms with Gasteiger partial charge in [-0.1, -0.05) is 83.9 Å². The van der Waals surface area contributed by atoms with Gasteiger partial charge in [-0.2, -0.15) is 0 Å². The van der Waals surface area contributed by atoms with Gasteiger partial charge in [0.25, 0.3) is 0 Å². The van der Waals surface area contributed by atoms with Gasteiger partial charge in [-0.05, 0) is 47.2 Å². The predicted molar refractivity (Wildman–Crippen MR) is 123 cm³/mol. The van der Waals surface area contributed by atoms with Gasteiger partial charge in [0.1, 0.15) is 0 Å². The number of halogens is 2. The van der Waals surface area contributed by atoms with Crippen molar-refractivity contribution in [1.29, 1.82) is 0 Å². The molecule has 0 radical (unpaired) electrons. The van der Waals surface area contributed by atoms with Crippen LogP contribution in [0.4, 0.5) is 0 Å². The number of benzene rings is 3. The van der Waals surface area contributed by atoms with E-state index in [9.17, 15) is 0 Å². The molecule has 3 aromatic rings. The lowest BCUT2D eigenvalue weighted by Gasteiger charge is -2.37. The minimum Gasteiger partial charge on any atom is -0.311 e. The highest BCUT2D eigenvalue weighted by molar-refractivity contribution is 6.42. The van der Waals surface area contributed by atoms with Crippen LogP contribution in [0.2, 0.25) is 10.0 Å². The highest BCUT2D eigenvalue weighted by Gasteiger charge is 2.25. The molecule has 0 saturated heterocycles. The maximum Gasteiger partial charge on any atom is 0.0595 e. The lowest BCUT2D eigenvalue weighted by molar-refractivity contribution is 0.170. The fourth-order valence-corrected chi connectivity index (χ4v) is 4.42. The third-order valence-electron chi connectivity index (χ3n) is 5.67. The minimum absolute atomic E-state index is 0.527. The van der Waals surface area contributed by atoms with E-state index in [-0.39, 0.29) is 0 Å². The van der Waals surface area contributed by atoms with Crippen LogP contribution in [0, 0.1) is 0 Å². The van der Waals surface area contributed by atoms with Crippen molar-refractivity contribution in [3.8, 4) is 0 Å². The molecule has 1 N–H and O–H groups in total. The van der Waals surface area contributed by atoms with Crippen molar-refractivity contribution in [3.63, 3.8) is 0 Å². The van der Waals surface area contributed by atoms with Crippen molar-refractivity contribution in [2.75, 3.05) is 13.1 Å². The summed E-state index contributed by atoms with van der Waals surface area (Å²) < 4.78 is 0. The van der Waals surface area contributed by atoms with Crippen LogP contribution in [0.5, 0.6) is 0 Å². The monoisotopic (exact) mass is 424 g/mol. The minimum atomic E-state index is 0.527. The van der Waals surface area contributed by atoms with Gasteiger partial charge >= 0.3 is 0 Å². The summed E-state index contributed by atoms with van der Waals surface area (Å²) in [6.07, 6.45) is 2.19. The zero-order valence-corrected chi connectivity index (χ0v) is 18.0. The Morgan fingerprint density at radius 2 is 1.59 bits per heavy atom. The second-order valence-corrected chi connectivity index (χ2v) is 8.53. The average Bonchev–Trinajstić information content (AvgIpc) is 2.74. The standard InChI is InChI=1S/C25H26Cl2N2/c26-24-11-10-20(15-25(24)27)17-28-12-13-29-18-22-9-5-4-8-21(22)16-23(29)14-19-6-2-1-3-7-19/h1-11,15,23,28H,12-14,16-18H2. The first-order valence-corrected chi connectivity index (χ1v) is 10.9. The van der Waals surface area contributed by atoms with Crippen molar-refractivity contribution >= 4 is 23.2 Å². The summed E-state index contributed by atoms with van der Waals surface area (Å²) in [5, 5.41) is 4.78. The Morgan fingerprint density at radius 1 is 0.828 bits per heavy atom. The molecule has 0 aliphatic carbocycles. The molecular weight excluding hydrogens is 399 g/mol. The van der Waals surface area contributed by atoms with Gasteiger partial charge in [0.2, 0.25) is 0 Å². The first-order valence-electron chi connectivity index (χ1n) is 10.2. The summed E-state index contributed by atoms with van der Waals surface area (Å²) in [4.78, 5) is 2.62. The topological polar surface area (TPSA) is 15.3 Å². The lowest BCUT2D eigenvalue weighted by Crippen LogP contribution is -2.44. The number of hydrogen-bond donors (Lipinski definition) is 1. The van der Waals surface area contributed by atoms with E-state index in [4.69, 9.17) is 23.2 Å². The van der Waals surface area contributed by atoms with E-state index >= 15 is 0 Å². The second-order valence-electron chi connectivity index (χ2n) is 7.71. The van der Waals surface area contributed by atoms with Gasteiger partial charge in [-0.15, -0.1) is 0 Å². The van der Waals surface area contributed by atoms with E-state index in [1.54, 1.807) is 0 Å². The molecule has 150 valence electrons. The Labute approximate surface area is 183 Å². The molecule has 0 saturated carbocycles. The third-order valence-corrected chi connectivity index (χ3v) is 6.41. The van der Waals surface area contributed by atoms with Gasteiger partial charge < -0.3 is 5.32 Å². The Bertz CT molecular complexity index is 943. The van der Waals surface area contributed by atoms with Crippen LogP contribution < -0.4 is 5.32 Å². The van der Waals surface area contributed by atoms with Crippen molar-refractivity contribution in [3.05, 3.63) is 105 Å². The molecule has 0 spiro atoms. The van der Waals surface area contributed by atoms with Crippen LogP contribution in [0.1, 0.15) is 22.3 Å². The largest absolute Gasteiger partial charge is 0.311 e. The molecule has 1 atom stereocenters. The van der Waals surface area contributed by atoms with Crippen molar-refractivity contribution in [1.82, 2.24) is 10.2 Å². The molecule has 2 nitrogen and oxygen atoms in total. The Kier molecular flexibility index (Phi) is 6.89. The first-order chi connectivity index (χ1) is 14.2. The Balaban J connectivity index is 1.38. The summed E-state index contributed by atoms with van der Waals surface area (Å²) in [5.74, 6) is 0. The Morgan fingerprint density at radius 3 is 2.38 bits per heavy atom. The van der Waals surface area contributed by atoms with Crippen molar-refractivity contribution in [2.24, 2.45) is 0 Å². The molecule has 0 fully saturated rings. The van der Waals surface area contributed by atoms with Crippen LogP contribution in [-0.4, -0.2) is 24.0 Å². The van der Waals surface area contributed by atoms with Gasteiger partial charge in [0, 0.05) is 32.2 Å². The van der Waals surface area contributed by atoms with Crippen LogP contribution in [0.15, 0.2) is 72.8 Å². The molecule has 1 heterocycles. The molecule has 1 unspecified atom stereocenters. The van der Waals surface area contributed by atoms with E-state index in [1.165, 1.54) is 16.7 Å². The fourth-order valence-electron chi connectivity index (χ4n) is 4.10. The number of hydrogen-bond acceptors (Lipinski definition) is 2. The van der Waals surface area contributed by atoms with E-state index in [0.717, 1.165) is 44.6 Å². The predicted octanol–water partition coefficient (Wildman–Crippen LogP) is 5.75. The van der Waals surface area contributed by atoms with Crippen molar-refractivity contribution in [2.45, 2.75) is 32.0 Å². The van der Waals surface area contributed by atoms with Crippen LogP contribution >= 0.6 is 23.2 Å². The van der Waals surface area contributed by atoms with Gasteiger partial charge in [0.05, 0.1) is 10.0 Å². The van der Waals surface area contributed by atoms with E-state index in [2.05, 4.69) is 64.8 Å². The van der Waals surface area contributed by atoms with Gasteiger partial charge in [0.15, 0.2) is 0 Å². The molecule has 0 amide bonds. The highest BCUT2D eigenvalue weighted by atomic mass is 35.5. The van der Waals surface area contributed by atoms with E-state index < -0.39 is 0 Å². The third kappa shape index (κ3) is 5.40. The molecule has 4 heteroatoms. The normalized spacial score (nSPS) is 16.6. The number of rotatable bonds is 7. The molecule has 1 aliphatic heterocycles. The average molecular weight is 425 g/mol. The highest BCUT2D eigenvalue weighted by Crippen LogP contribution is 2.25. The zero-order valence-electron chi connectivity index (χ0n) is 16.5. The summed E-state index contributed by atoms with van der Waals surface area (Å²) >= 11 is 12.1. The first kappa shape index (κ1) is 20.4. The molecule has 4 rings (SSSR count). The number of fused-ring (bicyclic) bond motifs is 1. The lowest BCUT2D eigenvalue weighted by atomic mass is 9.90. The van der Waals surface area contributed by atoms with Crippen molar-refractivity contribution < 1.29 is 0 Å². The van der Waals surface area contributed by atoms with Gasteiger partial charge in [-0.3, -0.25) is 4.90 Å². The summed E-state index contributed by atoms with van der Waals surface area (Å²) in [7, 11) is 0. The summed E-state index contributed by atoms with van der Waals surface area (Å²) in [6, 6.07) is 26.0. The molecule has 0 bridgehead atoms. The zero-order chi connectivity index (χ0) is 20.1. The second kappa shape index (κ2) is 9.77. The Hall–Kier alpha value is -1.84.